The van der Waals surface area contributed by atoms with E-state index in [1.54, 1.807) is 0 Å². The highest BCUT2D eigenvalue weighted by Crippen LogP contribution is 2.35. The minimum absolute atomic E-state index is 0.100. The first-order valence-corrected chi connectivity index (χ1v) is 6.99. The molecule has 1 aliphatic rings. The van der Waals surface area contributed by atoms with E-state index < -0.39 is 5.41 Å². The van der Waals surface area contributed by atoms with Crippen LogP contribution in [0.1, 0.15) is 18.9 Å². The molecule has 3 nitrogen and oxygen atoms in total. The molecule has 2 rings (SSSR count). The van der Waals surface area contributed by atoms with Crippen molar-refractivity contribution in [3.63, 3.8) is 0 Å². The first-order chi connectivity index (χ1) is 8.58. The van der Waals surface area contributed by atoms with Gasteiger partial charge in [0.15, 0.2) is 0 Å². The highest BCUT2D eigenvalue weighted by molar-refractivity contribution is 9.10. The molecule has 18 heavy (non-hydrogen) atoms. The summed E-state index contributed by atoms with van der Waals surface area (Å²) >= 11 is 3.42. The molecule has 1 saturated heterocycles. The lowest BCUT2D eigenvalue weighted by Crippen LogP contribution is -2.39. The van der Waals surface area contributed by atoms with Crippen molar-refractivity contribution in [2.75, 3.05) is 26.7 Å². The van der Waals surface area contributed by atoms with Gasteiger partial charge in [0.1, 0.15) is 5.41 Å². The number of benzene rings is 1. The third kappa shape index (κ3) is 2.45. The van der Waals surface area contributed by atoms with Crippen molar-refractivity contribution in [3.05, 3.63) is 34.3 Å². The van der Waals surface area contributed by atoms with Crippen LogP contribution in [0.4, 0.5) is 0 Å². The predicted octanol–water partition coefficient (Wildman–Crippen LogP) is 2.59. The van der Waals surface area contributed by atoms with Crippen molar-refractivity contribution in [3.8, 4) is 0 Å². The Hall–Kier alpha value is -0.870. The fraction of sp³-hybridized carbons (Fsp3) is 0.500. The number of halogens is 1. The standard InChI is InChI=1S/C14H18BrNO2/c1-3-18-13(17)14(8-9-16(2)10-14)11-4-6-12(15)7-5-11/h4-7H,3,8-10H2,1-2H3. The number of carbonyl (C=O) groups excluding carboxylic acids is 1. The van der Waals surface area contributed by atoms with E-state index in [4.69, 9.17) is 4.74 Å². The molecule has 1 aliphatic heterocycles. The Morgan fingerprint density at radius 2 is 2.11 bits per heavy atom. The van der Waals surface area contributed by atoms with Crippen LogP contribution in [-0.4, -0.2) is 37.6 Å². The number of rotatable bonds is 3. The minimum atomic E-state index is -0.495. The molecule has 0 spiro atoms. The summed E-state index contributed by atoms with van der Waals surface area (Å²) in [6.45, 7) is 3.94. The molecule has 1 fully saturated rings. The van der Waals surface area contributed by atoms with E-state index in [1.807, 2.05) is 38.2 Å². The zero-order valence-electron chi connectivity index (χ0n) is 10.8. The van der Waals surface area contributed by atoms with Crippen LogP contribution in [-0.2, 0) is 14.9 Å². The van der Waals surface area contributed by atoms with Gasteiger partial charge in [0.2, 0.25) is 0 Å². The van der Waals surface area contributed by atoms with Crippen molar-refractivity contribution in [1.29, 1.82) is 0 Å². The molecule has 98 valence electrons. The van der Waals surface area contributed by atoms with Crippen LogP contribution in [0.3, 0.4) is 0 Å². The first-order valence-electron chi connectivity index (χ1n) is 6.20. The third-order valence-electron chi connectivity index (χ3n) is 3.52. The van der Waals surface area contributed by atoms with Crippen LogP contribution in [0.15, 0.2) is 28.7 Å². The largest absolute Gasteiger partial charge is 0.465 e. The highest BCUT2D eigenvalue weighted by atomic mass is 79.9. The highest BCUT2D eigenvalue weighted by Gasteiger charge is 2.46. The minimum Gasteiger partial charge on any atom is -0.465 e. The summed E-state index contributed by atoms with van der Waals surface area (Å²) in [6.07, 6.45) is 0.823. The second-order valence-electron chi connectivity index (χ2n) is 4.80. The Labute approximate surface area is 116 Å². The summed E-state index contributed by atoms with van der Waals surface area (Å²) in [5, 5.41) is 0. The molecule has 0 bridgehead atoms. The van der Waals surface area contributed by atoms with Crippen LogP contribution in [0, 0.1) is 0 Å². The molecular weight excluding hydrogens is 294 g/mol. The van der Waals surface area contributed by atoms with E-state index in [1.165, 1.54) is 0 Å². The van der Waals surface area contributed by atoms with Crippen molar-refractivity contribution < 1.29 is 9.53 Å². The molecule has 0 saturated carbocycles. The number of ether oxygens (including phenoxy) is 1. The number of hydrogen-bond acceptors (Lipinski definition) is 3. The van der Waals surface area contributed by atoms with Crippen LogP contribution in [0.25, 0.3) is 0 Å². The maximum Gasteiger partial charge on any atom is 0.317 e. The molecular formula is C14H18BrNO2. The van der Waals surface area contributed by atoms with E-state index in [2.05, 4.69) is 20.8 Å². The van der Waals surface area contributed by atoms with Gasteiger partial charge in [0.05, 0.1) is 6.61 Å². The van der Waals surface area contributed by atoms with Crippen LogP contribution in [0.2, 0.25) is 0 Å². The van der Waals surface area contributed by atoms with E-state index in [0.29, 0.717) is 6.61 Å². The Balaban J connectivity index is 2.36. The summed E-state index contributed by atoms with van der Waals surface area (Å²) in [7, 11) is 2.04. The topological polar surface area (TPSA) is 29.5 Å². The second-order valence-corrected chi connectivity index (χ2v) is 5.71. The van der Waals surface area contributed by atoms with Gasteiger partial charge in [-0.1, -0.05) is 28.1 Å². The van der Waals surface area contributed by atoms with Gasteiger partial charge in [0.25, 0.3) is 0 Å². The summed E-state index contributed by atoms with van der Waals surface area (Å²) in [4.78, 5) is 14.5. The molecule has 1 atom stereocenters. The summed E-state index contributed by atoms with van der Waals surface area (Å²) in [5.41, 5.74) is 0.555. The van der Waals surface area contributed by atoms with Crippen LogP contribution in [0.5, 0.6) is 0 Å². The van der Waals surface area contributed by atoms with Crippen LogP contribution >= 0.6 is 15.9 Å². The van der Waals surface area contributed by atoms with Gasteiger partial charge >= 0.3 is 5.97 Å². The number of likely N-dealkylation sites (N-methyl/N-ethyl adjacent to an activating group) is 1. The Morgan fingerprint density at radius 3 is 2.61 bits per heavy atom. The lowest BCUT2D eigenvalue weighted by atomic mass is 9.79. The Kier molecular flexibility index (Phi) is 4.07. The van der Waals surface area contributed by atoms with Gasteiger partial charge in [-0.3, -0.25) is 4.79 Å². The molecule has 0 amide bonds. The molecule has 0 N–H and O–H groups in total. The number of esters is 1. The summed E-state index contributed by atoms with van der Waals surface area (Å²) < 4.78 is 6.31. The van der Waals surface area contributed by atoms with E-state index in [9.17, 15) is 4.79 Å². The fourth-order valence-electron chi connectivity index (χ4n) is 2.56. The maximum atomic E-state index is 12.3. The van der Waals surface area contributed by atoms with Gasteiger partial charge in [-0.15, -0.1) is 0 Å². The summed E-state index contributed by atoms with van der Waals surface area (Å²) in [6, 6.07) is 7.99. The Morgan fingerprint density at radius 1 is 1.44 bits per heavy atom. The number of hydrogen-bond donors (Lipinski definition) is 0. The van der Waals surface area contributed by atoms with Crippen molar-refractivity contribution >= 4 is 21.9 Å². The fourth-order valence-corrected chi connectivity index (χ4v) is 2.82. The zero-order valence-corrected chi connectivity index (χ0v) is 12.4. The van der Waals surface area contributed by atoms with Gasteiger partial charge in [-0.25, -0.2) is 0 Å². The third-order valence-corrected chi connectivity index (χ3v) is 4.05. The number of carbonyl (C=O) groups is 1. The maximum absolute atomic E-state index is 12.3. The quantitative estimate of drug-likeness (QED) is 0.804. The molecule has 1 aromatic rings. The van der Waals surface area contributed by atoms with E-state index >= 15 is 0 Å². The smallest absolute Gasteiger partial charge is 0.317 e. The lowest BCUT2D eigenvalue weighted by molar-refractivity contribution is -0.149. The second kappa shape index (κ2) is 5.41. The van der Waals surface area contributed by atoms with Gasteiger partial charge in [-0.2, -0.15) is 0 Å². The average molecular weight is 312 g/mol. The van der Waals surface area contributed by atoms with Gasteiger partial charge in [-0.05, 0) is 44.6 Å². The predicted molar refractivity (Wildman–Crippen MR) is 74.6 cm³/mol. The molecule has 4 heteroatoms. The summed E-state index contributed by atoms with van der Waals surface area (Å²) in [5.74, 6) is -0.100. The molecule has 1 unspecified atom stereocenters. The zero-order chi connectivity index (χ0) is 13.2. The van der Waals surface area contributed by atoms with Crippen molar-refractivity contribution in [2.24, 2.45) is 0 Å². The van der Waals surface area contributed by atoms with Gasteiger partial charge in [0, 0.05) is 11.0 Å². The van der Waals surface area contributed by atoms with Crippen LogP contribution < -0.4 is 0 Å². The van der Waals surface area contributed by atoms with E-state index in [-0.39, 0.29) is 5.97 Å². The first kappa shape index (κ1) is 13.6. The Bertz CT molecular complexity index is 432. The van der Waals surface area contributed by atoms with E-state index in [0.717, 1.165) is 29.5 Å². The molecule has 0 aromatic heterocycles. The average Bonchev–Trinajstić information content (AvgIpc) is 2.74. The molecule has 0 aliphatic carbocycles. The van der Waals surface area contributed by atoms with Crippen molar-refractivity contribution in [2.45, 2.75) is 18.8 Å². The van der Waals surface area contributed by atoms with Crippen molar-refractivity contribution in [1.82, 2.24) is 4.90 Å². The number of nitrogens with zero attached hydrogens (tertiary/aromatic N) is 1. The SMILES string of the molecule is CCOC(=O)C1(c2ccc(Br)cc2)CCN(C)C1. The molecule has 0 radical (unpaired) electrons. The molecule has 1 aromatic carbocycles. The number of likely N-dealkylation sites (tertiary alicyclic amines) is 1. The van der Waals surface area contributed by atoms with Gasteiger partial charge < -0.3 is 9.64 Å². The molecule has 1 heterocycles. The monoisotopic (exact) mass is 311 g/mol. The lowest BCUT2D eigenvalue weighted by Gasteiger charge is -2.27. The normalized spacial score (nSPS) is 24.2.